The predicted octanol–water partition coefficient (Wildman–Crippen LogP) is 1.08. The molecule has 2 aliphatic rings. The molecule has 1 saturated heterocycles. The van der Waals surface area contributed by atoms with Crippen molar-refractivity contribution in [2.24, 2.45) is 12.0 Å². The number of nitrogens with zero attached hydrogens (tertiary/aromatic N) is 5. The summed E-state index contributed by atoms with van der Waals surface area (Å²) in [5.74, 6) is 4.11. The minimum atomic E-state index is 0. The molecule has 0 spiro atoms. The van der Waals surface area contributed by atoms with Gasteiger partial charge in [-0.3, -0.25) is 4.90 Å². The first-order chi connectivity index (χ1) is 15.2. The Labute approximate surface area is 205 Å². The monoisotopic (exact) mass is 557 g/mol. The van der Waals surface area contributed by atoms with Crippen molar-refractivity contribution < 1.29 is 14.2 Å². The molecule has 0 saturated carbocycles. The van der Waals surface area contributed by atoms with Crippen LogP contribution >= 0.6 is 24.0 Å². The van der Waals surface area contributed by atoms with Gasteiger partial charge in [-0.15, -0.1) is 34.2 Å². The fourth-order valence-electron chi connectivity index (χ4n) is 3.49. The van der Waals surface area contributed by atoms with Gasteiger partial charge in [-0.05, 0) is 31.0 Å². The van der Waals surface area contributed by atoms with Gasteiger partial charge in [-0.1, -0.05) is 6.07 Å². The topological polar surface area (TPSA) is 98.1 Å². The molecule has 2 N–H and O–H groups in total. The van der Waals surface area contributed by atoms with Gasteiger partial charge >= 0.3 is 0 Å². The van der Waals surface area contributed by atoms with Crippen molar-refractivity contribution in [3.05, 3.63) is 35.4 Å². The Bertz CT molecular complexity index is 900. The van der Waals surface area contributed by atoms with Crippen LogP contribution in [0, 0.1) is 6.92 Å². The van der Waals surface area contributed by atoms with Gasteiger partial charge in [0, 0.05) is 39.8 Å². The molecule has 4 rings (SSSR count). The highest BCUT2D eigenvalue weighted by atomic mass is 127. The first kappa shape index (κ1) is 24.5. The van der Waals surface area contributed by atoms with E-state index in [1.807, 2.05) is 30.7 Å². The van der Waals surface area contributed by atoms with Crippen molar-refractivity contribution in [3.8, 4) is 11.5 Å². The number of benzene rings is 1. The SMILES string of the molecule is Cc1nnc(CN=C(NCCc2ccc3c(c2)OCO3)NCCN2CCOCC2)n1C.I. The molecule has 0 bridgehead atoms. The number of hydrogen-bond acceptors (Lipinski definition) is 7. The number of aromatic nitrogens is 3. The van der Waals surface area contributed by atoms with Crippen LogP contribution in [0.25, 0.3) is 0 Å². The van der Waals surface area contributed by atoms with Gasteiger partial charge in [0.25, 0.3) is 0 Å². The summed E-state index contributed by atoms with van der Waals surface area (Å²) >= 11 is 0. The molecule has 2 aliphatic heterocycles. The lowest BCUT2D eigenvalue weighted by Crippen LogP contribution is -2.44. The molecule has 176 valence electrons. The van der Waals surface area contributed by atoms with Crippen LogP contribution in [-0.2, 0) is 24.8 Å². The summed E-state index contributed by atoms with van der Waals surface area (Å²) in [5.41, 5.74) is 1.19. The van der Waals surface area contributed by atoms with Gasteiger partial charge in [0.05, 0.1) is 13.2 Å². The second-order valence-electron chi connectivity index (χ2n) is 7.63. The highest BCUT2D eigenvalue weighted by Gasteiger charge is 2.13. The third kappa shape index (κ3) is 6.69. The van der Waals surface area contributed by atoms with E-state index >= 15 is 0 Å². The van der Waals surface area contributed by atoms with E-state index in [9.17, 15) is 0 Å². The van der Waals surface area contributed by atoms with Crippen LogP contribution < -0.4 is 20.1 Å². The lowest BCUT2D eigenvalue weighted by atomic mass is 10.1. The van der Waals surface area contributed by atoms with Crippen LogP contribution in [0.2, 0.25) is 0 Å². The van der Waals surface area contributed by atoms with Gasteiger partial charge in [0.1, 0.15) is 12.4 Å². The molecular weight excluding hydrogens is 525 g/mol. The molecule has 1 fully saturated rings. The largest absolute Gasteiger partial charge is 0.454 e. The second kappa shape index (κ2) is 12.2. The molecule has 0 amide bonds. The normalized spacial score (nSPS) is 16.0. The van der Waals surface area contributed by atoms with Gasteiger partial charge in [-0.2, -0.15) is 0 Å². The number of fused-ring (bicyclic) bond motifs is 1. The van der Waals surface area contributed by atoms with E-state index in [4.69, 9.17) is 19.2 Å². The zero-order valence-corrected chi connectivity index (χ0v) is 21.0. The second-order valence-corrected chi connectivity index (χ2v) is 7.63. The quantitative estimate of drug-likeness (QED) is 0.283. The number of hydrogen-bond donors (Lipinski definition) is 2. The van der Waals surface area contributed by atoms with E-state index < -0.39 is 0 Å². The lowest BCUT2D eigenvalue weighted by Gasteiger charge is -2.26. The Kier molecular flexibility index (Phi) is 9.36. The Morgan fingerprint density at radius 3 is 2.66 bits per heavy atom. The maximum absolute atomic E-state index is 5.47. The molecule has 0 atom stereocenters. The molecule has 1 aromatic heterocycles. The van der Waals surface area contributed by atoms with Crippen LogP contribution in [0.4, 0.5) is 0 Å². The summed E-state index contributed by atoms with van der Waals surface area (Å²) in [6, 6.07) is 6.07. The lowest BCUT2D eigenvalue weighted by molar-refractivity contribution is 0.0389. The minimum Gasteiger partial charge on any atom is -0.454 e. The summed E-state index contributed by atoms with van der Waals surface area (Å²) in [6.07, 6.45) is 0.851. The van der Waals surface area contributed by atoms with Crippen LogP contribution in [-0.4, -0.2) is 78.4 Å². The van der Waals surface area contributed by atoms with E-state index in [1.54, 1.807) is 0 Å². The minimum absolute atomic E-state index is 0. The molecule has 0 aliphatic carbocycles. The van der Waals surface area contributed by atoms with Gasteiger partial charge in [0.2, 0.25) is 6.79 Å². The van der Waals surface area contributed by atoms with E-state index in [1.165, 1.54) is 5.56 Å². The Morgan fingerprint density at radius 1 is 1.09 bits per heavy atom. The van der Waals surface area contributed by atoms with E-state index in [0.29, 0.717) is 13.3 Å². The number of rotatable bonds is 8. The first-order valence-electron chi connectivity index (χ1n) is 10.7. The van der Waals surface area contributed by atoms with Crippen molar-refractivity contribution in [2.45, 2.75) is 19.9 Å². The van der Waals surface area contributed by atoms with Crippen molar-refractivity contribution in [1.29, 1.82) is 0 Å². The third-order valence-corrected chi connectivity index (χ3v) is 5.53. The van der Waals surface area contributed by atoms with Gasteiger partial charge in [0.15, 0.2) is 23.3 Å². The van der Waals surface area contributed by atoms with Crippen LogP contribution in [0.15, 0.2) is 23.2 Å². The molecule has 32 heavy (non-hydrogen) atoms. The number of ether oxygens (including phenoxy) is 3. The fourth-order valence-corrected chi connectivity index (χ4v) is 3.49. The molecule has 10 nitrogen and oxygen atoms in total. The van der Waals surface area contributed by atoms with E-state index in [-0.39, 0.29) is 24.0 Å². The fraction of sp³-hybridized carbons (Fsp3) is 0.571. The van der Waals surface area contributed by atoms with E-state index in [0.717, 1.165) is 81.5 Å². The van der Waals surface area contributed by atoms with Crippen molar-refractivity contribution in [2.75, 3.05) is 52.7 Å². The average molecular weight is 557 g/mol. The molecule has 3 heterocycles. The molecule has 0 radical (unpaired) electrons. The average Bonchev–Trinajstić information content (AvgIpc) is 3.39. The molecule has 0 unspecified atom stereocenters. The predicted molar refractivity (Wildman–Crippen MR) is 132 cm³/mol. The number of aryl methyl sites for hydroxylation is 1. The van der Waals surface area contributed by atoms with Crippen molar-refractivity contribution in [3.63, 3.8) is 0 Å². The Morgan fingerprint density at radius 2 is 1.88 bits per heavy atom. The molecule has 2 aromatic rings. The number of nitrogens with one attached hydrogen (secondary N) is 2. The summed E-state index contributed by atoms with van der Waals surface area (Å²) in [6.45, 7) is 8.78. The smallest absolute Gasteiger partial charge is 0.231 e. The summed E-state index contributed by atoms with van der Waals surface area (Å²) < 4.78 is 18.2. The maximum atomic E-state index is 5.47. The zero-order chi connectivity index (χ0) is 21.5. The van der Waals surface area contributed by atoms with Crippen molar-refractivity contribution in [1.82, 2.24) is 30.3 Å². The molecule has 11 heteroatoms. The Hall–Kier alpha value is -2.12. The number of aliphatic imine (C=N–C) groups is 1. The molecular formula is C21H32IN7O3. The van der Waals surface area contributed by atoms with Crippen LogP contribution in [0.5, 0.6) is 11.5 Å². The third-order valence-electron chi connectivity index (χ3n) is 5.53. The summed E-state index contributed by atoms with van der Waals surface area (Å²) in [5, 5.41) is 15.2. The van der Waals surface area contributed by atoms with Crippen molar-refractivity contribution >= 4 is 29.9 Å². The highest BCUT2D eigenvalue weighted by molar-refractivity contribution is 14.0. The zero-order valence-electron chi connectivity index (χ0n) is 18.7. The first-order valence-corrected chi connectivity index (χ1v) is 10.7. The Balaban J connectivity index is 0.00000289. The molecule has 1 aromatic carbocycles. The van der Waals surface area contributed by atoms with E-state index in [2.05, 4.69) is 31.8 Å². The number of guanidine groups is 1. The van der Waals surface area contributed by atoms with Crippen LogP contribution in [0.3, 0.4) is 0 Å². The summed E-state index contributed by atoms with van der Waals surface area (Å²) in [4.78, 5) is 7.12. The van der Waals surface area contributed by atoms with Gasteiger partial charge in [-0.25, -0.2) is 4.99 Å². The van der Waals surface area contributed by atoms with Gasteiger partial charge < -0.3 is 29.4 Å². The number of morpholine rings is 1. The maximum Gasteiger partial charge on any atom is 0.231 e. The summed E-state index contributed by atoms with van der Waals surface area (Å²) in [7, 11) is 1.96. The highest BCUT2D eigenvalue weighted by Crippen LogP contribution is 2.32. The standard InChI is InChI=1S/C21H31N7O3.HI/c1-16-25-26-20(27(16)2)14-24-21(23-7-8-28-9-11-29-12-10-28)22-6-5-17-3-4-18-19(13-17)31-15-30-18;/h3-4,13H,5-12,14-15H2,1-2H3,(H2,22,23,24);1H. The van der Waals surface area contributed by atoms with Crippen LogP contribution in [0.1, 0.15) is 17.2 Å². The number of halogens is 1.